The van der Waals surface area contributed by atoms with Crippen LogP contribution in [0.3, 0.4) is 0 Å². The van der Waals surface area contributed by atoms with Crippen LogP contribution in [-0.2, 0) is 13.8 Å². The Morgan fingerprint density at radius 1 is 1.50 bits per heavy atom. The molecule has 0 saturated carbocycles. The molecule has 0 aliphatic rings. The van der Waals surface area contributed by atoms with Crippen LogP contribution in [0.2, 0.25) is 0 Å². The second kappa shape index (κ2) is 3.93. The van der Waals surface area contributed by atoms with E-state index in [1.165, 1.54) is 6.92 Å². The molecule has 5 heteroatoms. The SMILES string of the molecule is CC(=O)CCCS(=O)(=O)Cl. The van der Waals surface area contributed by atoms with E-state index in [4.69, 9.17) is 10.7 Å². The van der Waals surface area contributed by atoms with Crippen LogP contribution in [0, 0.1) is 0 Å². The first-order valence-electron chi connectivity index (χ1n) is 2.83. The van der Waals surface area contributed by atoms with E-state index in [-0.39, 0.29) is 18.0 Å². The summed E-state index contributed by atoms with van der Waals surface area (Å²) in [6, 6.07) is 0. The van der Waals surface area contributed by atoms with E-state index < -0.39 is 9.05 Å². The fourth-order valence-electron chi connectivity index (χ4n) is 0.494. The van der Waals surface area contributed by atoms with Crippen LogP contribution in [0.5, 0.6) is 0 Å². The molecule has 0 aliphatic carbocycles. The molecule has 0 spiro atoms. The van der Waals surface area contributed by atoms with Gasteiger partial charge in [0.25, 0.3) is 0 Å². The van der Waals surface area contributed by atoms with E-state index in [1.807, 2.05) is 0 Å². The minimum absolute atomic E-state index is 0.0136. The topological polar surface area (TPSA) is 51.2 Å². The molecular weight excluding hydrogens is 176 g/mol. The summed E-state index contributed by atoms with van der Waals surface area (Å²) in [5.41, 5.74) is 0. The Balaban J connectivity index is 3.49. The van der Waals surface area contributed by atoms with Gasteiger partial charge < -0.3 is 4.79 Å². The Morgan fingerprint density at radius 2 is 2.00 bits per heavy atom. The standard InChI is InChI=1S/C5H9ClO3S/c1-5(7)3-2-4-10(6,8)9/h2-4H2,1H3. The van der Waals surface area contributed by atoms with Crippen LogP contribution in [0.15, 0.2) is 0 Å². The summed E-state index contributed by atoms with van der Waals surface area (Å²) >= 11 is 0. The molecule has 10 heavy (non-hydrogen) atoms. The summed E-state index contributed by atoms with van der Waals surface area (Å²) in [6.45, 7) is 1.42. The van der Waals surface area contributed by atoms with Crippen molar-refractivity contribution in [3.8, 4) is 0 Å². The highest BCUT2D eigenvalue weighted by Gasteiger charge is 2.04. The van der Waals surface area contributed by atoms with E-state index in [9.17, 15) is 13.2 Å². The van der Waals surface area contributed by atoms with Crippen LogP contribution in [0.1, 0.15) is 19.8 Å². The van der Waals surface area contributed by atoms with Gasteiger partial charge in [-0.2, -0.15) is 0 Å². The maximum absolute atomic E-state index is 10.3. The zero-order valence-corrected chi connectivity index (χ0v) is 7.20. The first-order valence-corrected chi connectivity index (χ1v) is 5.31. The number of hydrogen-bond donors (Lipinski definition) is 0. The van der Waals surface area contributed by atoms with E-state index in [0.717, 1.165) is 0 Å². The highest BCUT2D eigenvalue weighted by molar-refractivity contribution is 8.13. The van der Waals surface area contributed by atoms with Gasteiger partial charge in [-0.1, -0.05) is 0 Å². The normalized spacial score (nSPS) is 11.4. The molecule has 3 nitrogen and oxygen atoms in total. The number of halogens is 1. The Labute approximate surface area is 64.8 Å². The monoisotopic (exact) mass is 184 g/mol. The Bertz CT molecular complexity index is 207. The summed E-state index contributed by atoms with van der Waals surface area (Å²) in [6.07, 6.45) is 0.604. The summed E-state index contributed by atoms with van der Waals surface area (Å²) < 4.78 is 20.5. The van der Waals surface area contributed by atoms with Gasteiger partial charge in [-0.3, -0.25) is 0 Å². The molecule has 60 valence electrons. The predicted octanol–water partition coefficient (Wildman–Crippen LogP) is 0.924. The van der Waals surface area contributed by atoms with Gasteiger partial charge in [0.1, 0.15) is 5.78 Å². The van der Waals surface area contributed by atoms with Crippen LogP contribution < -0.4 is 0 Å². The quantitative estimate of drug-likeness (QED) is 0.611. The lowest BCUT2D eigenvalue weighted by Crippen LogP contribution is -1.99. The van der Waals surface area contributed by atoms with Crippen LogP contribution in [-0.4, -0.2) is 20.0 Å². The highest BCUT2D eigenvalue weighted by Crippen LogP contribution is 2.01. The van der Waals surface area contributed by atoms with E-state index in [2.05, 4.69) is 0 Å². The second-order valence-corrected chi connectivity index (χ2v) is 4.95. The third kappa shape index (κ3) is 7.91. The van der Waals surface area contributed by atoms with Crippen molar-refractivity contribution in [3.05, 3.63) is 0 Å². The van der Waals surface area contributed by atoms with Gasteiger partial charge in [-0.05, 0) is 13.3 Å². The molecule has 0 amide bonds. The average molecular weight is 185 g/mol. The van der Waals surface area contributed by atoms with Crippen molar-refractivity contribution < 1.29 is 13.2 Å². The first-order chi connectivity index (χ1) is 4.42. The average Bonchev–Trinajstić information content (AvgIpc) is 1.59. The highest BCUT2D eigenvalue weighted by atomic mass is 35.7. The van der Waals surface area contributed by atoms with Gasteiger partial charge >= 0.3 is 0 Å². The van der Waals surface area contributed by atoms with Gasteiger partial charge in [0.05, 0.1) is 5.75 Å². The minimum atomic E-state index is -3.40. The van der Waals surface area contributed by atoms with Crippen molar-refractivity contribution in [2.75, 3.05) is 5.75 Å². The van der Waals surface area contributed by atoms with E-state index in [0.29, 0.717) is 6.42 Å². The fraction of sp³-hybridized carbons (Fsp3) is 0.800. The van der Waals surface area contributed by atoms with Crippen molar-refractivity contribution >= 4 is 25.5 Å². The summed E-state index contributed by atoms with van der Waals surface area (Å²) in [4.78, 5) is 10.3. The maximum Gasteiger partial charge on any atom is 0.232 e. The van der Waals surface area contributed by atoms with Crippen molar-refractivity contribution in [2.45, 2.75) is 19.8 Å². The third-order valence-electron chi connectivity index (χ3n) is 0.917. The zero-order chi connectivity index (χ0) is 8.20. The zero-order valence-electron chi connectivity index (χ0n) is 5.63. The predicted molar refractivity (Wildman–Crippen MR) is 39.6 cm³/mol. The van der Waals surface area contributed by atoms with Gasteiger partial charge in [0, 0.05) is 17.1 Å². The molecule has 0 radical (unpaired) electrons. The van der Waals surface area contributed by atoms with E-state index >= 15 is 0 Å². The third-order valence-corrected chi connectivity index (χ3v) is 2.16. The Kier molecular flexibility index (Phi) is 3.89. The molecular formula is C5H9ClO3S. The summed E-state index contributed by atoms with van der Waals surface area (Å²) in [7, 11) is 1.48. The number of hydrogen-bond acceptors (Lipinski definition) is 3. The molecule has 0 aromatic heterocycles. The number of ketones is 1. The molecule has 0 unspecified atom stereocenters. The summed E-state index contributed by atoms with van der Waals surface area (Å²) in [5.74, 6) is -0.131. The largest absolute Gasteiger partial charge is 0.300 e. The smallest absolute Gasteiger partial charge is 0.232 e. The fourth-order valence-corrected chi connectivity index (χ4v) is 1.31. The minimum Gasteiger partial charge on any atom is -0.300 e. The van der Waals surface area contributed by atoms with E-state index in [1.54, 1.807) is 0 Å². The van der Waals surface area contributed by atoms with Crippen molar-refractivity contribution in [1.29, 1.82) is 0 Å². The molecule has 0 aromatic rings. The van der Waals surface area contributed by atoms with Gasteiger partial charge in [0.15, 0.2) is 0 Å². The van der Waals surface area contributed by atoms with Crippen molar-refractivity contribution in [3.63, 3.8) is 0 Å². The number of carbonyl (C=O) groups is 1. The molecule has 0 fully saturated rings. The van der Waals surface area contributed by atoms with Crippen molar-refractivity contribution in [1.82, 2.24) is 0 Å². The van der Waals surface area contributed by atoms with Gasteiger partial charge in [0.2, 0.25) is 9.05 Å². The second-order valence-electron chi connectivity index (χ2n) is 2.05. The maximum atomic E-state index is 10.3. The first kappa shape index (κ1) is 9.91. The Morgan fingerprint density at radius 3 is 2.30 bits per heavy atom. The van der Waals surface area contributed by atoms with Crippen molar-refractivity contribution in [2.24, 2.45) is 0 Å². The van der Waals surface area contributed by atoms with Crippen LogP contribution >= 0.6 is 10.7 Å². The molecule has 0 heterocycles. The summed E-state index contributed by atoms with van der Waals surface area (Å²) in [5, 5.41) is 0. The number of carbonyl (C=O) groups excluding carboxylic acids is 1. The molecule has 0 rings (SSSR count). The molecule has 0 aliphatic heterocycles. The molecule has 0 atom stereocenters. The molecule has 0 saturated heterocycles. The lowest BCUT2D eigenvalue weighted by molar-refractivity contribution is -0.117. The molecule has 0 aromatic carbocycles. The Hall–Kier alpha value is -0.0900. The molecule has 0 N–H and O–H groups in total. The van der Waals surface area contributed by atoms with Gasteiger partial charge in [-0.15, -0.1) is 0 Å². The van der Waals surface area contributed by atoms with Crippen LogP contribution in [0.4, 0.5) is 0 Å². The van der Waals surface area contributed by atoms with Crippen LogP contribution in [0.25, 0.3) is 0 Å². The lowest BCUT2D eigenvalue weighted by atomic mass is 10.3. The molecule has 0 bridgehead atoms. The number of rotatable bonds is 4. The lowest BCUT2D eigenvalue weighted by Gasteiger charge is -1.92. The van der Waals surface area contributed by atoms with Gasteiger partial charge in [-0.25, -0.2) is 8.42 Å². The number of Topliss-reactive ketones (excluding diaryl/α,β-unsaturated/α-hetero) is 1.